The predicted molar refractivity (Wildman–Crippen MR) is 121 cm³/mol. The van der Waals surface area contributed by atoms with Gasteiger partial charge in [0.15, 0.2) is 17.1 Å². The first kappa shape index (κ1) is 21.9. The third-order valence-corrected chi connectivity index (χ3v) is 5.75. The average molecular weight is 425 g/mol. The Balaban J connectivity index is 1.56. The lowest BCUT2D eigenvalue weighted by Gasteiger charge is -2.14. The number of nitrogens with zero attached hydrogens (tertiary/aromatic N) is 3. The summed E-state index contributed by atoms with van der Waals surface area (Å²) in [7, 11) is 1.89. The van der Waals surface area contributed by atoms with E-state index in [1.807, 2.05) is 74.0 Å². The molecule has 1 amide bonds. The van der Waals surface area contributed by atoms with Crippen molar-refractivity contribution in [2.24, 2.45) is 7.05 Å². The number of nitrogens with one attached hydrogen (secondary N) is 1. The Morgan fingerprint density at radius 1 is 1.13 bits per heavy atom. The zero-order chi connectivity index (χ0) is 21.7. The first-order valence-electron chi connectivity index (χ1n) is 9.98. The molecule has 2 aromatic carbocycles. The van der Waals surface area contributed by atoms with Crippen molar-refractivity contribution >= 4 is 23.4 Å². The summed E-state index contributed by atoms with van der Waals surface area (Å²) in [6.07, 6.45) is -0.257. The number of rotatable bonds is 8. The normalized spacial score (nSPS) is 12.1. The van der Waals surface area contributed by atoms with Gasteiger partial charge in [0.1, 0.15) is 5.75 Å². The van der Waals surface area contributed by atoms with E-state index in [0.29, 0.717) is 16.9 Å². The van der Waals surface area contributed by atoms with Crippen LogP contribution in [0.25, 0.3) is 0 Å². The van der Waals surface area contributed by atoms with E-state index >= 15 is 0 Å². The largest absolute Gasteiger partial charge is 0.483 e. The summed E-state index contributed by atoms with van der Waals surface area (Å²) in [5.41, 5.74) is 3.18. The van der Waals surface area contributed by atoms with Gasteiger partial charge in [-0.2, -0.15) is 0 Å². The zero-order valence-corrected chi connectivity index (χ0v) is 18.9. The molecule has 0 aliphatic heterocycles. The molecule has 7 heteroatoms. The highest BCUT2D eigenvalue weighted by molar-refractivity contribution is 7.99. The maximum atomic E-state index is 12.3. The van der Waals surface area contributed by atoms with Crippen LogP contribution in [0, 0.1) is 6.92 Å². The molecule has 6 nitrogen and oxygen atoms in total. The molecule has 30 heavy (non-hydrogen) atoms. The van der Waals surface area contributed by atoms with E-state index < -0.39 is 0 Å². The molecule has 1 heterocycles. The van der Waals surface area contributed by atoms with E-state index in [1.165, 1.54) is 17.3 Å². The van der Waals surface area contributed by atoms with E-state index in [1.54, 1.807) is 0 Å². The Kier molecular flexibility index (Phi) is 7.15. The lowest BCUT2D eigenvalue weighted by atomic mass is 10.0. The van der Waals surface area contributed by atoms with Crippen LogP contribution in [0.1, 0.15) is 49.7 Å². The molecule has 0 radical (unpaired) electrons. The van der Waals surface area contributed by atoms with Crippen LogP contribution in [-0.4, -0.2) is 26.4 Å². The minimum atomic E-state index is -0.257. The fourth-order valence-electron chi connectivity index (χ4n) is 3.03. The Labute approximate surface area is 182 Å². The lowest BCUT2D eigenvalue weighted by molar-refractivity contribution is -0.113. The summed E-state index contributed by atoms with van der Waals surface area (Å²) in [6.45, 7) is 8.25. The number of hydrogen-bond donors (Lipinski definition) is 1. The lowest BCUT2D eigenvalue weighted by Crippen LogP contribution is -2.15. The minimum Gasteiger partial charge on any atom is -0.483 e. The Bertz CT molecular complexity index is 999. The molecule has 3 aromatic rings. The van der Waals surface area contributed by atoms with Gasteiger partial charge < -0.3 is 14.6 Å². The Morgan fingerprint density at radius 2 is 1.87 bits per heavy atom. The SMILES string of the molecule is Cc1cccc(OC(C)c2nnc(SCC(=O)Nc3ccc(C(C)C)cc3)n2C)c1. The monoisotopic (exact) mass is 424 g/mol. The van der Waals surface area contributed by atoms with E-state index in [0.717, 1.165) is 17.0 Å². The highest BCUT2D eigenvalue weighted by Gasteiger charge is 2.18. The average Bonchev–Trinajstić information content (AvgIpc) is 3.07. The second-order valence-electron chi connectivity index (χ2n) is 7.59. The van der Waals surface area contributed by atoms with Gasteiger partial charge in [0.2, 0.25) is 5.91 Å². The molecule has 0 saturated heterocycles. The molecule has 0 saturated carbocycles. The van der Waals surface area contributed by atoms with Crippen LogP contribution in [0.4, 0.5) is 5.69 Å². The molecule has 0 aliphatic carbocycles. The number of carbonyl (C=O) groups excluding carboxylic acids is 1. The van der Waals surface area contributed by atoms with Crippen molar-refractivity contribution in [1.82, 2.24) is 14.8 Å². The maximum Gasteiger partial charge on any atom is 0.234 e. The van der Waals surface area contributed by atoms with Crippen molar-refractivity contribution in [3.05, 3.63) is 65.5 Å². The molecule has 1 atom stereocenters. The third kappa shape index (κ3) is 5.63. The smallest absolute Gasteiger partial charge is 0.234 e. The predicted octanol–water partition coefficient (Wildman–Crippen LogP) is 5.12. The van der Waals surface area contributed by atoms with Crippen molar-refractivity contribution in [3.63, 3.8) is 0 Å². The molecule has 1 N–H and O–H groups in total. The number of anilines is 1. The highest BCUT2D eigenvalue weighted by Crippen LogP contribution is 2.24. The molecule has 0 fully saturated rings. The standard InChI is InChI=1S/C23H28N4O2S/c1-15(2)18-9-11-19(12-10-18)24-21(28)14-30-23-26-25-22(27(23)5)17(4)29-20-8-6-7-16(3)13-20/h6-13,15,17H,14H2,1-5H3,(H,24,28). The Hall–Kier alpha value is -2.80. The maximum absolute atomic E-state index is 12.3. The summed E-state index contributed by atoms with van der Waals surface area (Å²) >= 11 is 1.35. The summed E-state index contributed by atoms with van der Waals surface area (Å²) < 4.78 is 7.87. The van der Waals surface area contributed by atoms with Crippen molar-refractivity contribution in [2.45, 2.75) is 44.9 Å². The van der Waals surface area contributed by atoms with Gasteiger partial charge in [-0.3, -0.25) is 4.79 Å². The van der Waals surface area contributed by atoms with Crippen molar-refractivity contribution in [1.29, 1.82) is 0 Å². The van der Waals surface area contributed by atoms with Crippen LogP contribution < -0.4 is 10.1 Å². The van der Waals surface area contributed by atoms with E-state index in [4.69, 9.17) is 4.74 Å². The molecule has 0 bridgehead atoms. The minimum absolute atomic E-state index is 0.0779. The second kappa shape index (κ2) is 9.80. The van der Waals surface area contributed by atoms with Gasteiger partial charge in [0.25, 0.3) is 0 Å². The van der Waals surface area contributed by atoms with Crippen molar-refractivity contribution < 1.29 is 9.53 Å². The molecule has 0 spiro atoms. The van der Waals surface area contributed by atoms with Gasteiger partial charge in [-0.1, -0.05) is 49.9 Å². The number of amides is 1. The highest BCUT2D eigenvalue weighted by atomic mass is 32.2. The number of aromatic nitrogens is 3. The van der Waals surface area contributed by atoms with E-state index in [2.05, 4.69) is 29.4 Å². The number of aryl methyl sites for hydroxylation is 1. The molecule has 0 aliphatic rings. The van der Waals surface area contributed by atoms with Gasteiger partial charge >= 0.3 is 0 Å². The number of thioether (sulfide) groups is 1. The van der Waals surface area contributed by atoms with Gasteiger partial charge in [0.05, 0.1) is 5.75 Å². The van der Waals surface area contributed by atoms with Gasteiger partial charge in [-0.05, 0) is 55.2 Å². The molecule has 3 rings (SSSR count). The van der Waals surface area contributed by atoms with Crippen LogP contribution in [0.15, 0.2) is 53.7 Å². The molecule has 1 aromatic heterocycles. The quantitative estimate of drug-likeness (QED) is 0.509. The van der Waals surface area contributed by atoms with E-state index in [-0.39, 0.29) is 17.8 Å². The van der Waals surface area contributed by atoms with Gasteiger partial charge in [-0.15, -0.1) is 10.2 Å². The van der Waals surface area contributed by atoms with Crippen LogP contribution in [-0.2, 0) is 11.8 Å². The molecular formula is C23H28N4O2S. The van der Waals surface area contributed by atoms with Crippen molar-refractivity contribution in [2.75, 3.05) is 11.1 Å². The van der Waals surface area contributed by atoms with Crippen LogP contribution in [0.5, 0.6) is 5.75 Å². The molecule has 1 unspecified atom stereocenters. The third-order valence-electron chi connectivity index (χ3n) is 4.73. The summed E-state index contributed by atoms with van der Waals surface area (Å²) in [4.78, 5) is 12.3. The summed E-state index contributed by atoms with van der Waals surface area (Å²) in [5.74, 6) is 2.15. The van der Waals surface area contributed by atoms with Gasteiger partial charge in [-0.25, -0.2) is 0 Å². The number of benzene rings is 2. The molecular weight excluding hydrogens is 396 g/mol. The van der Waals surface area contributed by atoms with Crippen LogP contribution >= 0.6 is 11.8 Å². The topological polar surface area (TPSA) is 69.0 Å². The summed E-state index contributed by atoms with van der Waals surface area (Å²) in [5, 5.41) is 12.1. The number of hydrogen-bond acceptors (Lipinski definition) is 5. The first-order valence-corrected chi connectivity index (χ1v) is 11.0. The summed E-state index contributed by atoms with van der Waals surface area (Å²) in [6, 6.07) is 15.8. The second-order valence-corrected chi connectivity index (χ2v) is 8.53. The first-order chi connectivity index (χ1) is 14.3. The molecule has 158 valence electrons. The van der Waals surface area contributed by atoms with Gasteiger partial charge in [0, 0.05) is 12.7 Å². The van der Waals surface area contributed by atoms with Crippen LogP contribution in [0.3, 0.4) is 0 Å². The fraction of sp³-hybridized carbons (Fsp3) is 0.348. The number of ether oxygens (including phenoxy) is 1. The Morgan fingerprint density at radius 3 is 2.53 bits per heavy atom. The van der Waals surface area contributed by atoms with Crippen LogP contribution in [0.2, 0.25) is 0 Å². The number of carbonyl (C=O) groups is 1. The zero-order valence-electron chi connectivity index (χ0n) is 18.0. The fourth-order valence-corrected chi connectivity index (χ4v) is 3.75. The van der Waals surface area contributed by atoms with E-state index in [9.17, 15) is 4.79 Å². The van der Waals surface area contributed by atoms with Crippen molar-refractivity contribution in [3.8, 4) is 5.75 Å².